The Kier molecular flexibility index (Phi) is 6.30. The molecule has 3 rings (SSSR count). The molecule has 0 aromatic heterocycles. The molecule has 1 amide bonds. The summed E-state index contributed by atoms with van der Waals surface area (Å²) in [5.41, 5.74) is 5.47. The van der Waals surface area contributed by atoms with Crippen molar-refractivity contribution in [3.8, 4) is 0 Å². The summed E-state index contributed by atoms with van der Waals surface area (Å²) in [5, 5.41) is 3.85. The zero-order chi connectivity index (χ0) is 19.4. The number of carbonyl (C=O) groups is 1. The standard InChI is InChI=1S/C17H24N4O4S2/c18-16(22)13-3-5-15(6-4-13)27(23,24)21-9-7-20(8-10-21)17(26)19-12-14-2-1-11-25-14/h3-6,14H,1-2,7-12H2,(H2,18,22)(H,19,26)/t14-/m0/s1. The van der Waals surface area contributed by atoms with Crippen molar-refractivity contribution in [1.29, 1.82) is 0 Å². The SMILES string of the molecule is NC(=O)c1ccc(S(=O)(=O)N2CCN(C(=S)NC[C@@H]3CCCO3)CC2)cc1. The zero-order valence-electron chi connectivity index (χ0n) is 15.0. The minimum absolute atomic E-state index is 0.153. The van der Waals surface area contributed by atoms with Gasteiger partial charge < -0.3 is 20.7 Å². The fraction of sp³-hybridized carbons (Fsp3) is 0.529. The van der Waals surface area contributed by atoms with Gasteiger partial charge in [-0.1, -0.05) is 0 Å². The topological polar surface area (TPSA) is 105 Å². The van der Waals surface area contributed by atoms with Gasteiger partial charge in [-0.05, 0) is 49.3 Å². The Hall–Kier alpha value is -1.75. The Balaban J connectivity index is 1.54. The number of amides is 1. The molecule has 0 saturated carbocycles. The lowest BCUT2D eigenvalue weighted by Crippen LogP contribution is -2.53. The van der Waals surface area contributed by atoms with Crippen molar-refractivity contribution in [3.63, 3.8) is 0 Å². The van der Waals surface area contributed by atoms with E-state index in [1.807, 2.05) is 4.90 Å². The molecule has 1 aromatic rings. The number of hydrogen-bond donors (Lipinski definition) is 2. The predicted octanol–water partition coefficient (Wildman–Crippen LogP) is 0.145. The Morgan fingerprint density at radius 3 is 2.44 bits per heavy atom. The van der Waals surface area contributed by atoms with Crippen molar-refractivity contribution in [2.75, 3.05) is 39.3 Å². The van der Waals surface area contributed by atoms with Gasteiger partial charge in [0.2, 0.25) is 15.9 Å². The van der Waals surface area contributed by atoms with Crippen molar-refractivity contribution >= 4 is 33.3 Å². The van der Waals surface area contributed by atoms with E-state index in [1.165, 1.54) is 28.6 Å². The lowest BCUT2D eigenvalue weighted by atomic mass is 10.2. The molecular weight excluding hydrogens is 388 g/mol. The van der Waals surface area contributed by atoms with Crippen LogP contribution in [0.25, 0.3) is 0 Å². The van der Waals surface area contributed by atoms with Crippen molar-refractivity contribution in [2.24, 2.45) is 5.73 Å². The predicted molar refractivity (Wildman–Crippen MR) is 105 cm³/mol. The molecule has 27 heavy (non-hydrogen) atoms. The van der Waals surface area contributed by atoms with E-state index in [2.05, 4.69) is 5.32 Å². The van der Waals surface area contributed by atoms with Gasteiger partial charge in [-0.2, -0.15) is 4.31 Å². The number of benzene rings is 1. The summed E-state index contributed by atoms with van der Waals surface area (Å²) < 4.78 is 32.5. The van der Waals surface area contributed by atoms with Crippen LogP contribution >= 0.6 is 12.2 Å². The summed E-state index contributed by atoms with van der Waals surface area (Å²) in [6.07, 6.45) is 2.32. The molecule has 2 heterocycles. The summed E-state index contributed by atoms with van der Waals surface area (Å²) >= 11 is 5.42. The fourth-order valence-corrected chi connectivity index (χ4v) is 4.88. The number of nitrogens with two attached hydrogens (primary N) is 1. The molecule has 2 aliphatic heterocycles. The van der Waals surface area contributed by atoms with Gasteiger partial charge in [0.15, 0.2) is 5.11 Å². The number of nitrogens with zero attached hydrogens (tertiary/aromatic N) is 2. The lowest BCUT2D eigenvalue weighted by molar-refractivity contribution is 0.1000. The van der Waals surface area contributed by atoms with Crippen LogP contribution in [0, 0.1) is 0 Å². The molecule has 0 bridgehead atoms. The van der Waals surface area contributed by atoms with E-state index >= 15 is 0 Å². The maximum absolute atomic E-state index is 12.8. The highest BCUT2D eigenvalue weighted by atomic mass is 32.2. The van der Waals surface area contributed by atoms with Crippen LogP contribution in [0.3, 0.4) is 0 Å². The van der Waals surface area contributed by atoms with Gasteiger partial charge in [0.25, 0.3) is 0 Å². The number of nitrogens with one attached hydrogen (secondary N) is 1. The highest BCUT2D eigenvalue weighted by Gasteiger charge is 2.29. The van der Waals surface area contributed by atoms with Crippen LogP contribution in [-0.4, -0.2) is 74.1 Å². The summed E-state index contributed by atoms with van der Waals surface area (Å²) in [5.74, 6) is -0.587. The van der Waals surface area contributed by atoms with Crippen LogP contribution in [0.4, 0.5) is 0 Å². The third kappa shape index (κ3) is 4.75. The number of piperazine rings is 1. The van der Waals surface area contributed by atoms with Crippen molar-refractivity contribution < 1.29 is 17.9 Å². The molecule has 1 atom stereocenters. The number of thiocarbonyl (C=S) groups is 1. The van der Waals surface area contributed by atoms with E-state index in [1.54, 1.807) is 0 Å². The Labute approximate surface area is 164 Å². The molecule has 0 radical (unpaired) electrons. The van der Waals surface area contributed by atoms with E-state index in [-0.39, 0.29) is 16.6 Å². The molecule has 0 unspecified atom stereocenters. The monoisotopic (exact) mass is 412 g/mol. The molecule has 8 nitrogen and oxygen atoms in total. The maximum Gasteiger partial charge on any atom is 0.248 e. The number of rotatable bonds is 5. The second-order valence-electron chi connectivity index (χ2n) is 6.60. The molecule has 10 heteroatoms. The normalized spacial score (nSPS) is 21.2. The zero-order valence-corrected chi connectivity index (χ0v) is 16.6. The molecule has 0 aliphatic carbocycles. The molecule has 3 N–H and O–H groups in total. The molecule has 2 saturated heterocycles. The van der Waals surface area contributed by atoms with E-state index < -0.39 is 15.9 Å². The summed E-state index contributed by atoms with van der Waals surface area (Å²) in [7, 11) is -3.61. The minimum atomic E-state index is -3.61. The number of sulfonamides is 1. The number of hydrogen-bond acceptors (Lipinski definition) is 5. The van der Waals surface area contributed by atoms with Gasteiger partial charge in [0.1, 0.15) is 0 Å². The summed E-state index contributed by atoms with van der Waals surface area (Å²) in [6.45, 7) is 3.23. The van der Waals surface area contributed by atoms with E-state index in [0.717, 1.165) is 19.4 Å². The largest absolute Gasteiger partial charge is 0.376 e. The van der Waals surface area contributed by atoms with Crippen molar-refractivity contribution in [3.05, 3.63) is 29.8 Å². The summed E-state index contributed by atoms with van der Waals surface area (Å²) in [4.78, 5) is 13.3. The average Bonchev–Trinajstić information content (AvgIpc) is 3.20. The molecule has 2 fully saturated rings. The minimum Gasteiger partial charge on any atom is -0.376 e. The fourth-order valence-electron chi connectivity index (χ4n) is 3.19. The van der Waals surface area contributed by atoms with Gasteiger partial charge in [-0.15, -0.1) is 0 Å². The van der Waals surface area contributed by atoms with Crippen LogP contribution in [-0.2, 0) is 14.8 Å². The first-order chi connectivity index (χ1) is 12.9. The molecule has 1 aromatic carbocycles. The van der Waals surface area contributed by atoms with Gasteiger partial charge in [-0.25, -0.2) is 8.42 Å². The summed E-state index contributed by atoms with van der Waals surface area (Å²) in [6, 6.07) is 5.68. The first-order valence-corrected chi connectivity index (χ1v) is 10.8. The molecular formula is C17H24N4O4S2. The van der Waals surface area contributed by atoms with Gasteiger partial charge >= 0.3 is 0 Å². The number of ether oxygens (including phenoxy) is 1. The third-order valence-electron chi connectivity index (χ3n) is 4.81. The van der Waals surface area contributed by atoms with Crippen LogP contribution < -0.4 is 11.1 Å². The molecule has 148 valence electrons. The van der Waals surface area contributed by atoms with Gasteiger partial charge in [0, 0.05) is 44.9 Å². The van der Waals surface area contributed by atoms with Crippen LogP contribution in [0.1, 0.15) is 23.2 Å². The lowest BCUT2D eigenvalue weighted by Gasteiger charge is -2.35. The van der Waals surface area contributed by atoms with E-state index in [0.29, 0.717) is 37.8 Å². The van der Waals surface area contributed by atoms with Crippen LogP contribution in [0.5, 0.6) is 0 Å². The first-order valence-electron chi connectivity index (χ1n) is 8.92. The first kappa shape index (κ1) is 20.0. The second-order valence-corrected chi connectivity index (χ2v) is 8.93. The van der Waals surface area contributed by atoms with Crippen molar-refractivity contribution in [1.82, 2.24) is 14.5 Å². The van der Waals surface area contributed by atoms with Crippen LogP contribution in [0.2, 0.25) is 0 Å². The average molecular weight is 413 g/mol. The van der Waals surface area contributed by atoms with Crippen molar-refractivity contribution in [2.45, 2.75) is 23.8 Å². The van der Waals surface area contributed by atoms with E-state index in [9.17, 15) is 13.2 Å². The maximum atomic E-state index is 12.8. The molecule has 2 aliphatic rings. The Morgan fingerprint density at radius 1 is 1.22 bits per heavy atom. The van der Waals surface area contributed by atoms with Gasteiger partial charge in [-0.3, -0.25) is 4.79 Å². The Morgan fingerprint density at radius 2 is 1.89 bits per heavy atom. The van der Waals surface area contributed by atoms with E-state index in [4.69, 9.17) is 22.7 Å². The highest BCUT2D eigenvalue weighted by molar-refractivity contribution is 7.89. The second kappa shape index (κ2) is 8.51. The molecule has 0 spiro atoms. The third-order valence-corrected chi connectivity index (χ3v) is 7.12. The smallest absolute Gasteiger partial charge is 0.248 e. The number of carbonyl (C=O) groups excluding carboxylic acids is 1. The quantitative estimate of drug-likeness (QED) is 0.663. The highest BCUT2D eigenvalue weighted by Crippen LogP contribution is 2.18. The van der Waals surface area contributed by atoms with Crippen LogP contribution in [0.15, 0.2) is 29.2 Å². The van der Waals surface area contributed by atoms with Gasteiger partial charge in [0.05, 0.1) is 11.0 Å². The number of primary amides is 1. The Bertz CT molecular complexity index is 784.